The van der Waals surface area contributed by atoms with Gasteiger partial charge in [0.25, 0.3) is 11.7 Å². The van der Waals surface area contributed by atoms with Gasteiger partial charge < -0.3 is 5.32 Å². The molecule has 0 atom stereocenters. The molecule has 76 valence electrons. The maximum atomic E-state index is 11.5. The Balaban J connectivity index is 2.17. The monoisotopic (exact) mass is 315 g/mol. The SMILES string of the molecule is O=C(Nc1ccccc1I)c1nn[nH]n1. The highest BCUT2D eigenvalue weighted by molar-refractivity contribution is 14.1. The molecule has 1 heterocycles. The molecule has 0 spiro atoms. The Hall–Kier alpha value is -1.51. The normalized spacial score (nSPS) is 9.93. The van der Waals surface area contributed by atoms with Gasteiger partial charge in [0.1, 0.15) is 0 Å². The molecule has 0 saturated carbocycles. The molecule has 15 heavy (non-hydrogen) atoms. The van der Waals surface area contributed by atoms with E-state index in [1.807, 2.05) is 18.2 Å². The number of H-pyrrole nitrogens is 1. The lowest BCUT2D eigenvalue weighted by Gasteiger charge is -2.03. The van der Waals surface area contributed by atoms with Crippen LogP contribution in [-0.4, -0.2) is 26.5 Å². The minimum Gasteiger partial charge on any atom is -0.318 e. The van der Waals surface area contributed by atoms with Crippen LogP contribution in [0.2, 0.25) is 0 Å². The molecule has 7 heteroatoms. The molecule has 6 nitrogen and oxygen atoms in total. The molecule has 2 N–H and O–H groups in total. The molecular weight excluding hydrogens is 309 g/mol. The zero-order chi connectivity index (χ0) is 10.7. The van der Waals surface area contributed by atoms with E-state index >= 15 is 0 Å². The van der Waals surface area contributed by atoms with Gasteiger partial charge in [-0.25, -0.2) is 0 Å². The highest BCUT2D eigenvalue weighted by Gasteiger charge is 2.11. The summed E-state index contributed by atoms with van der Waals surface area (Å²) < 4.78 is 0.951. The molecule has 0 aliphatic carbocycles. The van der Waals surface area contributed by atoms with E-state index in [0.29, 0.717) is 0 Å². The van der Waals surface area contributed by atoms with Gasteiger partial charge in [0.15, 0.2) is 0 Å². The van der Waals surface area contributed by atoms with E-state index in [0.717, 1.165) is 9.26 Å². The van der Waals surface area contributed by atoms with E-state index in [-0.39, 0.29) is 11.7 Å². The van der Waals surface area contributed by atoms with Crippen LogP contribution in [0.3, 0.4) is 0 Å². The van der Waals surface area contributed by atoms with Crippen LogP contribution in [0.5, 0.6) is 0 Å². The summed E-state index contributed by atoms with van der Waals surface area (Å²) in [4.78, 5) is 11.5. The summed E-state index contributed by atoms with van der Waals surface area (Å²) in [7, 11) is 0. The van der Waals surface area contributed by atoms with Crippen LogP contribution < -0.4 is 5.32 Å². The number of amides is 1. The van der Waals surface area contributed by atoms with Crippen molar-refractivity contribution in [2.24, 2.45) is 0 Å². The number of benzene rings is 1. The third kappa shape index (κ3) is 2.29. The van der Waals surface area contributed by atoms with Gasteiger partial charge in [-0.3, -0.25) is 4.79 Å². The Bertz CT molecular complexity index is 470. The van der Waals surface area contributed by atoms with Crippen LogP contribution >= 0.6 is 22.6 Å². The van der Waals surface area contributed by atoms with Crippen molar-refractivity contribution in [3.05, 3.63) is 33.7 Å². The van der Waals surface area contributed by atoms with Crippen LogP contribution in [-0.2, 0) is 0 Å². The number of rotatable bonds is 2. The second kappa shape index (κ2) is 4.34. The summed E-state index contributed by atoms with van der Waals surface area (Å²) >= 11 is 2.13. The van der Waals surface area contributed by atoms with Crippen LogP contribution in [0, 0.1) is 3.57 Å². The van der Waals surface area contributed by atoms with Crippen LogP contribution in [0.25, 0.3) is 0 Å². The first-order chi connectivity index (χ1) is 7.27. The van der Waals surface area contributed by atoms with Crippen molar-refractivity contribution < 1.29 is 4.79 Å². The fourth-order valence-electron chi connectivity index (χ4n) is 0.999. The summed E-state index contributed by atoms with van der Waals surface area (Å²) in [5, 5.41) is 15.4. The van der Waals surface area contributed by atoms with Gasteiger partial charge in [-0.2, -0.15) is 5.21 Å². The molecule has 2 rings (SSSR count). The number of anilines is 1. The molecule has 2 aromatic rings. The zero-order valence-electron chi connectivity index (χ0n) is 7.44. The number of aromatic nitrogens is 4. The highest BCUT2D eigenvalue weighted by Crippen LogP contribution is 2.17. The second-order valence-electron chi connectivity index (χ2n) is 2.67. The minimum atomic E-state index is -0.382. The maximum absolute atomic E-state index is 11.5. The van der Waals surface area contributed by atoms with Gasteiger partial charge in [-0.1, -0.05) is 12.1 Å². The van der Waals surface area contributed by atoms with Crippen molar-refractivity contribution in [3.8, 4) is 0 Å². The van der Waals surface area contributed by atoms with E-state index in [9.17, 15) is 4.79 Å². The first-order valence-electron chi connectivity index (χ1n) is 4.06. The van der Waals surface area contributed by atoms with E-state index in [4.69, 9.17) is 0 Å². The third-order valence-corrected chi connectivity index (χ3v) is 2.61. The van der Waals surface area contributed by atoms with Gasteiger partial charge in [0.2, 0.25) is 0 Å². The van der Waals surface area contributed by atoms with Crippen molar-refractivity contribution in [3.63, 3.8) is 0 Å². The van der Waals surface area contributed by atoms with Gasteiger partial charge in [0.05, 0.1) is 5.69 Å². The number of hydrogen-bond acceptors (Lipinski definition) is 4. The molecule has 0 fully saturated rings. The Labute approximate surface area is 98.6 Å². The molecule has 0 radical (unpaired) electrons. The topological polar surface area (TPSA) is 83.6 Å². The van der Waals surface area contributed by atoms with Crippen molar-refractivity contribution in [2.45, 2.75) is 0 Å². The summed E-state index contributed by atoms with van der Waals surface area (Å²) in [6, 6.07) is 7.44. The van der Waals surface area contributed by atoms with E-state index in [1.54, 1.807) is 6.07 Å². The number of carbonyl (C=O) groups excluding carboxylic acids is 1. The van der Waals surface area contributed by atoms with Crippen LogP contribution in [0.4, 0.5) is 5.69 Å². The van der Waals surface area contributed by atoms with E-state index < -0.39 is 0 Å². The van der Waals surface area contributed by atoms with Gasteiger partial charge in [-0.05, 0) is 39.9 Å². The Kier molecular flexibility index (Phi) is 2.90. The second-order valence-corrected chi connectivity index (χ2v) is 3.83. The van der Waals surface area contributed by atoms with Crippen molar-refractivity contribution in [2.75, 3.05) is 5.32 Å². The minimum absolute atomic E-state index is 0.0228. The average molecular weight is 315 g/mol. The predicted molar refractivity (Wildman–Crippen MR) is 61.3 cm³/mol. The van der Waals surface area contributed by atoms with Crippen molar-refractivity contribution in [1.29, 1.82) is 0 Å². The molecule has 0 saturated heterocycles. The number of para-hydroxylation sites is 1. The van der Waals surface area contributed by atoms with Gasteiger partial charge >= 0.3 is 0 Å². The van der Waals surface area contributed by atoms with Crippen LogP contribution in [0.15, 0.2) is 24.3 Å². The smallest absolute Gasteiger partial charge is 0.297 e. The summed E-state index contributed by atoms with van der Waals surface area (Å²) in [6.45, 7) is 0. The maximum Gasteiger partial charge on any atom is 0.297 e. The fraction of sp³-hybridized carbons (Fsp3) is 0. The van der Waals surface area contributed by atoms with Gasteiger partial charge in [0, 0.05) is 3.57 Å². The quantitative estimate of drug-likeness (QED) is 0.812. The molecule has 0 unspecified atom stereocenters. The number of nitrogens with one attached hydrogen (secondary N) is 2. The largest absolute Gasteiger partial charge is 0.318 e. The van der Waals surface area contributed by atoms with E-state index in [2.05, 4.69) is 48.5 Å². The molecule has 1 amide bonds. The molecule has 1 aromatic carbocycles. The standard InChI is InChI=1S/C8H6IN5O/c9-5-3-1-2-4-6(5)10-8(15)7-11-13-14-12-7/h1-4H,(H,10,15)(H,11,12,13,14). The summed E-state index contributed by atoms with van der Waals surface area (Å²) in [5.74, 6) is -0.359. The van der Waals surface area contributed by atoms with Crippen LogP contribution in [0.1, 0.15) is 10.6 Å². The number of halogens is 1. The average Bonchev–Trinajstić information content (AvgIpc) is 2.74. The van der Waals surface area contributed by atoms with Gasteiger partial charge in [-0.15, -0.1) is 10.2 Å². The number of carbonyl (C=O) groups is 1. The lowest BCUT2D eigenvalue weighted by molar-refractivity contribution is 0.101. The first-order valence-corrected chi connectivity index (χ1v) is 5.14. The summed E-state index contributed by atoms with van der Waals surface area (Å²) in [5.41, 5.74) is 0.730. The van der Waals surface area contributed by atoms with Crippen molar-refractivity contribution >= 4 is 34.2 Å². The Morgan fingerprint density at radius 3 is 2.87 bits per heavy atom. The Morgan fingerprint density at radius 1 is 1.40 bits per heavy atom. The molecular formula is C8H6IN5O. The number of aromatic amines is 1. The molecule has 1 aromatic heterocycles. The number of nitrogens with zero attached hydrogens (tertiary/aromatic N) is 3. The fourth-order valence-corrected chi connectivity index (χ4v) is 1.52. The lowest BCUT2D eigenvalue weighted by Crippen LogP contribution is -2.14. The number of hydrogen-bond donors (Lipinski definition) is 2. The molecule has 0 aliphatic rings. The third-order valence-electron chi connectivity index (χ3n) is 1.67. The van der Waals surface area contributed by atoms with Crippen molar-refractivity contribution in [1.82, 2.24) is 20.6 Å². The first kappa shape index (κ1) is 10.0. The summed E-state index contributed by atoms with van der Waals surface area (Å²) in [6.07, 6.45) is 0. The zero-order valence-corrected chi connectivity index (χ0v) is 9.59. The molecule has 0 bridgehead atoms. The van der Waals surface area contributed by atoms with E-state index in [1.165, 1.54) is 0 Å². The molecule has 0 aliphatic heterocycles. The lowest BCUT2D eigenvalue weighted by atomic mass is 10.3. The number of tetrazole rings is 1. The highest BCUT2D eigenvalue weighted by atomic mass is 127. The predicted octanol–water partition coefficient (Wildman–Crippen LogP) is 1.06. The Morgan fingerprint density at radius 2 is 2.20 bits per heavy atom.